The predicted octanol–water partition coefficient (Wildman–Crippen LogP) is 3.29. The van der Waals surface area contributed by atoms with Crippen molar-refractivity contribution in [2.45, 2.75) is 13.0 Å². The highest BCUT2D eigenvalue weighted by Gasteiger charge is 2.19. The molecule has 0 spiro atoms. The molecule has 1 aromatic carbocycles. The third-order valence-electron chi connectivity index (χ3n) is 5.26. The van der Waals surface area contributed by atoms with Crippen molar-refractivity contribution in [1.29, 1.82) is 0 Å². The Kier molecular flexibility index (Phi) is 6.47. The Labute approximate surface area is 185 Å². The summed E-state index contributed by atoms with van der Waals surface area (Å²) in [6, 6.07) is 13.8. The highest BCUT2D eigenvalue weighted by Crippen LogP contribution is 2.28. The van der Waals surface area contributed by atoms with Crippen LogP contribution in [0.25, 0.3) is 16.6 Å². The number of hydrogen-bond donors (Lipinski definition) is 1. The third-order valence-corrected chi connectivity index (χ3v) is 6.13. The average Bonchev–Trinajstić information content (AvgIpc) is 3.36. The first-order valence-electron chi connectivity index (χ1n) is 10.3. The van der Waals surface area contributed by atoms with E-state index in [4.69, 9.17) is 10.8 Å². The van der Waals surface area contributed by atoms with Crippen LogP contribution in [0.4, 0.5) is 4.79 Å². The number of rotatable bonds is 5. The molecule has 2 N–H and O–H groups in total. The van der Waals surface area contributed by atoms with Gasteiger partial charge in [-0.2, -0.15) is 5.10 Å². The van der Waals surface area contributed by atoms with Crippen LogP contribution in [0.1, 0.15) is 17.5 Å². The number of primary amides is 1. The lowest BCUT2D eigenvalue weighted by Gasteiger charge is -2.19. The van der Waals surface area contributed by atoms with Gasteiger partial charge in [-0.05, 0) is 29.5 Å². The smallest absolute Gasteiger partial charge is 0.314 e. The van der Waals surface area contributed by atoms with E-state index in [-0.39, 0.29) is 5.91 Å². The Morgan fingerprint density at radius 2 is 1.81 bits per heavy atom. The first-order chi connectivity index (χ1) is 15.1. The van der Waals surface area contributed by atoms with Gasteiger partial charge >= 0.3 is 6.03 Å². The van der Waals surface area contributed by atoms with Crippen molar-refractivity contribution in [1.82, 2.24) is 19.6 Å². The second-order valence-corrected chi connectivity index (χ2v) is 8.38. The molecule has 4 rings (SSSR count). The molecule has 0 aliphatic carbocycles. The summed E-state index contributed by atoms with van der Waals surface area (Å²) < 4.78 is 1.91. The van der Waals surface area contributed by atoms with Crippen molar-refractivity contribution >= 4 is 29.4 Å². The SMILES string of the molecule is NC(=O)N1CCCN(C(=O)C=Cc2cn(Cc3ccccc3)nc2-c2cccs2)CC1. The van der Waals surface area contributed by atoms with Crippen molar-refractivity contribution in [3.63, 3.8) is 0 Å². The third kappa shape index (κ3) is 5.21. The van der Waals surface area contributed by atoms with E-state index in [1.54, 1.807) is 27.2 Å². The fourth-order valence-corrected chi connectivity index (χ4v) is 4.37. The summed E-state index contributed by atoms with van der Waals surface area (Å²) in [5, 5.41) is 6.80. The van der Waals surface area contributed by atoms with E-state index in [1.165, 1.54) is 0 Å². The molecule has 0 bridgehead atoms. The first-order valence-corrected chi connectivity index (χ1v) is 11.1. The van der Waals surface area contributed by atoms with Gasteiger partial charge < -0.3 is 15.5 Å². The minimum Gasteiger partial charge on any atom is -0.351 e. The highest BCUT2D eigenvalue weighted by atomic mass is 32.1. The number of nitrogens with zero attached hydrogens (tertiary/aromatic N) is 4. The molecule has 8 heteroatoms. The lowest BCUT2D eigenvalue weighted by atomic mass is 10.2. The van der Waals surface area contributed by atoms with Crippen LogP contribution in [0.15, 0.2) is 60.1 Å². The molecular weight excluding hydrogens is 410 g/mol. The molecular formula is C23H25N5O2S. The van der Waals surface area contributed by atoms with E-state index in [1.807, 2.05) is 52.7 Å². The number of thiophene rings is 1. The van der Waals surface area contributed by atoms with Gasteiger partial charge in [-0.1, -0.05) is 36.4 Å². The van der Waals surface area contributed by atoms with Gasteiger partial charge in [0.05, 0.1) is 11.4 Å². The van der Waals surface area contributed by atoms with Crippen molar-refractivity contribution in [3.05, 3.63) is 71.2 Å². The van der Waals surface area contributed by atoms with Crippen LogP contribution in [-0.2, 0) is 11.3 Å². The zero-order valence-corrected chi connectivity index (χ0v) is 18.0. The normalized spacial score (nSPS) is 14.7. The number of urea groups is 1. The Hall–Kier alpha value is -3.39. The summed E-state index contributed by atoms with van der Waals surface area (Å²) in [7, 11) is 0. The summed E-state index contributed by atoms with van der Waals surface area (Å²) in [5.41, 5.74) is 8.31. The van der Waals surface area contributed by atoms with Gasteiger partial charge in [-0.15, -0.1) is 11.3 Å². The van der Waals surface area contributed by atoms with Crippen LogP contribution in [-0.4, -0.2) is 57.7 Å². The van der Waals surface area contributed by atoms with Gasteiger partial charge in [0.15, 0.2) is 0 Å². The summed E-state index contributed by atoms with van der Waals surface area (Å²) >= 11 is 1.62. The van der Waals surface area contributed by atoms with Gasteiger partial charge in [-0.3, -0.25) is 9.48 Å². The number of amides is 3. The fourth-order valence-electron chi connectivity index (χ4n) is 3.64. The Morgan fingerprint density at radius 1 is 1.03 bits per heavy atom. The van der Waals surface area contributed by atoms with Gasteiger partial charge in [0.2, 0.25) is 5.91 Å². The van der Waals surface area contributed by atoms with E-state index in [9.17, 15) is 9.59 Å². The maximum Gasteiger partial charge on any atom is 0.314 e. The molecule has 1 aliphatic heterocycles. The van der Waals surface area contributed by atoms with Crippen LogP contribution in [0, 0.1) is 0 Å². The minimum atomic E-state index is -0.434. The summed E-state index contributed by atoms with van der Waals surface area (Å²) in [6.07, 6.45) is 6.13. The maximum atomic E-state index is 12.8. The van der Waals surface area contributed by atoms with E-state index < -0.39 is 6.03 Å². The predicted molar refractivity (Wildman–Crippen MR) is 122 cm³/mol. The minimum absolute atomic E-state index is 0.0701. The number of aromatic nitrogens is 2. The molecule has 0 radical (unpaired) electrons. The molecule has 0 atom stereocenters. The zero-order chi connectivity index (χ0) is 21.6. The van der Waals surface area contributed by atoms with Crippen LogP contribution < -0.4 is 5.73 Å². The van der Waals surface area contributed by atoms with Gasteiger partial charge in [0.1, 0.15) is 5.69 Å². The van der Waals surface area contributed by atoms with Crippen molar-refractivity contribution in [2.75, 3.05) is 26.2 Å². The molecule has 0 unspecified atom stereocenters. The Morgan fingerprint density at radius 3 is 2.55 bits per heavy atom. The van der Waals surface area contributed by atoms with E-state index in [0.29, 0.717) is 32.7 Å². The van der Waals surface area contributed by atoms with Crippen LogP contribution in [0.2, 0.25) is 0 Å². The number of benzene rings is 1. The highest BCUT2D eigenvalue weighted by molar-refractivity contribution is 7.13. The fraction of sp³-hybridized carbons (Fsp3) is 0.261. The van der Waals surface area contributed by atoms with Crippen molar-refractivity contribution < 1.29 is 9.59 Å². The molecule has 1 fully saturated rings. The second kappa shape index (κ2) is 9.61. The van der Waals surface area contributed by atoms with Crippen LogP contribution in [0.5, 0.6) is 0 Å². The second-order valence-electron chi connectivity index (χ2n) is 7.43. The van der Waals surface area contributed by atoms with Gasteiger partial charge in [0, 0.05) is 44.0 Å². The molecule has 0 saturated carbocycles. The lowest BCUT2D eigenvalue weighted by molar-refractivity contribution is -0.125. The Bertz CT molecular complexity index is 1060. The zero-order valence-electron chi connectivity index (χ0n) is 17.2. The van der Waals surface area contributed by atoms with E-state index >= 15 is 0 Å². The monoisotopic (exact) mass is 435 g/mol. The number of hydrogen-bond acceptors (Lipinski definition) is 4. The number of carbonyl (C=O) groups excluding carboxylic acids is 2. The quantitative estimate of drug-likeness (QED) is 0.624. The topological polar surface area (TPSA) is 84.5 Å². The number of carbonyl (C=O) groups is 2. The summed E-state index contributed by atoms with van der Waals surface area (Å²) in [6.45, 7) is 2.80. The molecule has 1 aliphatic rings. The molecule has 31 heavy (non-hydrogen) atoms. The van der Waals surface area contributed by atoms with Gasteiger partial charge in [-0.25, -0.2) is 4.79 Å². The van der Waals surface area contributed by atoms with Gasteiger partial charge in [0.25, 0.3) is 0 Å². The lowest BCUT2D eigenvalue weighted by Crippen LogP contribution is -2.39. The maximum absolute atomic E-state index is 12.8. The summed E-state index contributed by atoms with van der Waals surface area (Å²) in [5.74, 6) is -0.0701. The number of nitrogens with two attached hydrogens (primary N) is 1. The molecule has 1 saturated heterocycles. The molecule has 2 aromatic heterocycles. The molecule has 3 amide bonds. The Balaban J connectivity index is 1.52. The average molecular weight is 436 g/mol. The van der Waals surface area contributed by atoms with Crippen molar-refractivity contribution in [2.24, 2.45) is 5.73 Å². The largest absolute Gasteiger partial charge is 0.351 e. The summed E-state index contributed by atoms with van der Waals surface area (Å²) in [4.78, 5) is 28.6. The van der Waals surface area contributed by atoms with Crippen LogP contribution in [0.3, 0.4) is 0 Å². The molecule has 3 heterocycles. The molecule has 3 aromatic rings. The van der Waals surface area contributed by atoms with Crippen molar-refractivity contribution in [3.8, 4) is 10.6 Å². The standard InChI is InChI=1S/C23H25N5O2S/c24-23(30)27-12-5-11-26(13-14-27)21(29)10-9-19-17-28(16-18-6-2-1-3-7-18)25-22(19)20-8-4-15-31-20/h1-4,6-10,15,17H,5,11-14,16H2,(H2,24,30). The first kappa shape index (κ1) is 20.9. The molecule has 160 valence electrons. The van der Waals surface area contributed by atoms with Crippen LogP contribution >= 0.6 is 11.3 Å². The van der Waals surface area contributed by atoms with E-state index in [0.717, 1.165) is 28.1 Å². The molecule has 7 nitrogen and oxygen atoms in total. The van der Waals surface area contributed by atoms with E-state index in [2.05, 4.69) is 12.1 Å².